The molecular weight excluding hydrogens is 124 g/mol. The molecule has 0 aromatic rings. The lowest BCUT2D eigenvalue weighted by molar-refractivity contribution is 0.346. The molecule has 1 nitrogen and oxygen atoms in total. The Bertz CT molecular complexity index is 145. The van der Waals surface area contributed by atoms with Gasteiger partial charge in [-0.15, -0.1) is 0 Å². The van der Waals surface area contributed by atoms with Gasteiger partial charge >= 0.3 is 0 Å². The summed E-state index contributed by atoms with van der Waals surface area (Å²) in [7, 11) is 0. The maximum absolute atomic E-state index is 5.20. The molecule has 0 unspecified atom stereocenters. The summed E-state index contributed by atoms with van der Waals surface area (Å²) in [5.41, 5.74) is 0. The minimum Gasteiger partial charge on any atom is -0.470 e. The fraction of sp³-hybridized carbons (Fsp3) is 0.444. The van der Waals surface area contributed by atoms with Gasteiger partial charge in [-0.25, -0.2) is 0 Å². The van der Waals surface area contributed by atoms with Crippen molar-refractivity contribution in [2.75, 3.05) is 0 Å². The molecule has 1 radical (unpaired) electrons. The average Bonchev–Trinajstić information content (AvgIpc) is 2.03. The Balaban J connectivity index is 2.21. The lowest BCUT2D eigenvalue weighted by Crippen LogP contribution is -1.90. The Kier molecular flexibility index (Phi) is 3.07. The van der Waals surface area contributed by atoms with Gasteiger partial charge in [0.05, 0.1) is 6.26 Å². The second kappa shape index (κ2) is 4.15. The van der Waals surface area contributed by atoms with Crippen LogP contribution in [0, 0.1) is 6.42 Å². The van der Waals surface area contributed by atoms with Crippen LogP contribution in [0.5, 0.6) is 0 Å². The van der Waals surface area contributed by atoms with Gasteiger partial charge in [-0.2, -0.15) is 0 Å². The Labute approximate surface area is 62.4 Å². The van der Waals surface area contributed by atoms with Gasteiger partial charge in [0.25, 0.3) is 0 Å². The minimum atomic E-state index is 1.01. The van der Waals surface area contributed by atoms with E-state index in [2.05, 4.69) is 19.4 Å². The number of allylic oxidation sites excluding steroid dienone is 3. The molecular formula is C9H13O. The van der Waals surface area contributed by atoms with Gasteiger partial charge in [-0.1, -0.05) is 13.3 Å². The van der Waals surface area contributed by atoms with Crippen molar-refractivity contribution in [3.05, 3.63) is 30.6 Å². The van der Waals surface area contributed by atoms with Crippen LogP contribution in [-0.2, 0) is 4.74 Å². The third kappa shape index (κ3) is 2.26. The molecule has 0 aromatic heterocycles. The maximum Gasteiger partial charge on any atom is 0.103 e. The van der Waals surface area contributed by atoms with Crippen molar-refractivity contribution < 1.29 is 4.74 Å². The molecule has 0 saturated carbocycles. The summed E-state index contributed by atoms with van der Waals surface area (Å²) in [4.78, 5) is 0. The van der Waals surface area contributed by atoms with Crippen LogP contribution in [0.25, 0.3) is 0 Å². The normalized spacial score (nSPS) is 16.3. The van der Waals surface area contributed by atoms with Gasteiger partial charge < -0.3 is 4.74 Å². The van der Waals surface area contributed by atoms with Crippen LogP contribution in [0.15, 0.2) is 24.2 Å². The zero-order valence-corrected chi connectivity index (χ0v) is 6.34. The first-order valence-electron chi connectivity index (χ1n) is 3.78. The Morgan fingerprint density at radius 3 is 3.20 bits per heavy atom. The van der Waals surface area contributed by atoms with Crippen molar-refractivity contribution in [2.45, 2.75) is 26.2 Å². The molecule has 0 atom stereocenters. The molecule has 10 heavy (non-hydrogen) atoms. The average molecular weight is 137 g/mol. The predicted octanol–water partition coefficient (Wildman–Crippen LogP) is 2.81. The van der Waals surface area contributed by atoms with Gasteiger partial charge in [0.2, 0.25) is 0 Å². The van der Waals surface area contributed by atoms with E-state index in [-0.39, 0.29) is 0 Å². The molecule has 0 fully saturated rings. The van der Waals surface area contributed by atoms with Crippen molar-refractivity contribution in [3.63, 3.8) is 0 Å². The Morgan fingerprint density at radius 2 is 2.60 bits per heavy atom. The third-order valence-corrected chi connectivity index (χ3v) is 1.39. The summed E-state index contributed by atoms with van der Waals surface area (Å²) < 4.78 is 5.20. The standard InChI is InChI=1S/C9H13O/c1-2-3-6-9-7-4-5-8-10-9/h5-8H,2-4H2,1H3. The van der Waals surface area contributed by atoms with Crippen molar-refractivity contribution in [2.24, 2.45) is 0 Å². The molecule has 1 heterocycles. The van der Waals surface area contributed by atoms with Crippen molar-refractivity contribution in [1.82, 2.24) is 0 Å². The van der Waals surface area contributed by atoms with E-state index >= 15 is 0 Å². The molecule has 0 N–H and O–H groups in total. The third-order valence-electron chi connectivity index (χ3n) is 1.39. The van der Waals surface area contributed by atoms with Gasteiger partial charge in [0.1, 0.15) is 5.76 Å². The quantitative estimate of drug-likeness (QED) is 0.581. The summed E-state index contributed by atoms with van der Waals surface area (Å²) in [6, 6.07) is 0. The fourth-order valence-corrected chi connectivity index (χ4v) is 0.833. The van der Waals surface area contributed by atoms with Gasteiger partial charge in [-0.3, -0.25) is 0 Å². The summed E-state index contributed by atoms with van der Waals surface area (Å²) in [6.45, 7) is 2.16. The monoisotopic (exact) mass is 137 g/mol. The first-order valence-corrected chi connectivity index (χ1v) is 3.78. The molecule has 1 aliphatic rings. The molecule has 1 rings (SSSR count). The van der Waals surface area contributed by atoms with Crippen LogP contribution in [0.1, 0.15) is 26.2 Å². The van der Waals surface area contributed by atoms with Crippen LogP contribution in [-0.4, -0.2) is 0 Å². The number of ether oxygens (including phenoxy) is 1. The number of hydrogen-bond acceptors (Lipinski definition) is 1. The second-order valence-electron chi connectivity index (χ2n) is 2.32. The fourth-order valence-electron chi connectivity index (χ4n) is 0.833. The van der Waals surface area contributed by atoms with Gasteiger partial charge in [-0.05, 0) is 25.0 Å². The summed E-state index contributed by atoms with van der Waals surface area (Å²) in [6.07, 6.45) is 11.3. The molecule has 0 aliphatic carbocycles. The van der Waals surface area contributed by atoms with E-state index in [1.807, 2.05) is 6.08 Å². The Hall–Kier alpha value is -0.720. The zero-order valence-electron chi connectivity index (χ0n) is 6.34. The van der Waals surface area contributed by atoms with E-state index in [0.29, 0.717) is 0 Å². The molecule has 0 spiro atoms. The van der Waals surface area contributed by atoms with E-state index in [0.717, 1.165) is 18.6 Å². The highest BCUT2D eigenvalue weighted by molar-refractivity contribution is 5.11. The first kappa shape index (κ1) is 7.39. The van der Waals surface area contributed by atoms with E-state index < -0.39 is 0 Å². The van der Waals surface area contributed by atoms with Crippen molar-refractivity contribution >= 4 is 0 Å². The van der Waals surface area contributed by atoms with Crippen LogP contribution >= 0.6 is 0 Å². The molecule has 0 amide bonds. The SMILES string of the molecule is CCC[CH]C1=CCC=CO1. The summed E-state index contributed by atoms with van der Waals surface area (Å²) in [5.74, 6) is 1.02. The zero-order chi connectivity index (χ0) is 7.23. The van der Waals surface area contributed by atoms with Crippen LogP contribution in [0.4, 0.5) is 0 Å². The van der Waals surface area contributed by atoms with E-state index in [9.17, 15) is 0 Å². The minimum absolute atomic E-state index is 1.01. The van der Waals surface area contributed by atoms with Crippen LogP contribution in [0.3, 0.4) is 0 Å². The molecule has 0 bridgehead atoms. The summed E-state index contributed by atoms with van der Waals surface area (Å²) >= 11 is 0. The van der Waals surface area contributed by atoms with E-state index in [1.165, 1.54) is 6.42 Å². The van der Waals surface area contributed by atoms with Crippen molar-refractivity contribution in [3.8, 4) is 0 Å². The van der Waals surface area contributed by atoms with E-state index in [4.69, 9.17) is 4.74 Å². The van der Waals surface area contributed by atoms with Crippen LogP contribution in [0.2, 0.25) is 0 Å². The highest BCUT2D eigenvalue weighted by Gasteiger charge is 1.98. The second-order valence-corrected chi connectivity index (χ2v) is 2.32. The topological polar surface area (TPSA) is 9.23 Å². The summed E-state index contributed by atoms with van der Waals surface area (Å²) in [5, 5.41) is 0. The maximum atomic E-state index is 5.20. The van der Waals surface area contributed by atoms with E-state index in [1.54, 1.807) is 6.26 Å². The highest BCUT2D eigenvalue weighted by Crippen LogP contribution is 2.12. The number of rotatable bonds is 3. The van der Waals surface area contributed by atoms with Crippen molar-refractivity contribution in [1.29, 1.82) is 0 Å². The largest absolute Gasteiger partial charge is 0.470 e. The highest BCUT2D eigenvalue weighted by atomic mass is 16.5. The van der Waals surface area contributed by atoms with Gasteiger partial charge in [0, 0.05) is 6.42 Å². The lowest BCUT2D eigenvalue weighted by atomic mass is 10.2. The Morgan fingerprint density at radius 1 is 1.70 bits per heavy atom. The lowest BCUT2D eigenvalue weighted by Gasteiger charge is -2.07. The molecule has 0 aromatic carbocycles. The van der Waals surface area contributed by atoms with Gasteiger partial charge in [0.15, 0.2) is 0 Å². The molecule has 0 saturated heterocycles. The smallest absolute Gasteiger partial charge is 0.103 e. The van der Waals surface area contributed by atoms with Crippen LogP contribution < -0.4 is 0 Å². The number of hydrogen-bond donors (Lipinski definition) is 0. The molecule has 1 heteroatoms. The number of unbranched alkanes of at least 4 members (excludes halogenated alkanes) is 1. The molecule has 55 valence electrons. The first-order chi connectivity index (χ1) is 4.93. The molecule has 1 aliphatic heterocycles. The predicted molar refractivity (Wildman–Crippen MR) is 42.1 cm³/mol.